The summed E-state index contributed by atoms with van der Waals surface area (Å²) in [4.78, 5) is 25.6. The monoisotopic (exact) mass is 292 g/mol. The maximum atomic E-state index is 12.6. The zero-order valence-electron chi connectivity index (χ0n) is 12.9. The Bertz CT molecular complexity index is 578. The van der Waals surface area contributed by atoms with Crippen molar-refractivity contribution in [2.45, 2.75) is 52.1 Å². The van der Waals surface area contributed by atoms with Crippen LogP contribution in [0.3, 0.4) is 0 Å². The number of aromatic nitrogens is 1. The Morgan fingerprint density at radius 3 is 2.86 bits per heavy atom. The molecule has 0 atom stereocenters. The lowest BCUT2D eigenvalue weighted by Gasteiger charge is -2.28. The highest BCUT2D eigenvalue weighted by molar-refractivity contribution is 5.67. The van der Waals surface area contributed by atoms with Gasteiger partial charge in [-0.3, -0.25) is 9.59 Å². The second kappa shape index (κ2) is 6.89. The van der Waals surface area contributed by atoms with E-state index in [0.29, 0.717) is 12.0 Å². The molecule has 2 heterocycles. The number of unbranched alkanes of at least 4 members (excludes halogenated alkanes) is 1. The van der Waals surface area contributed by atoms with Crippen LogP contribution in [0.4, 0.5) is 0 Å². The minimum atomic E-state index is -0.857. The summed E-state index contributed by atoms with van der Waals surface area (Å²) in [6, 6.07) is 1.93. The summed E-state index contributed by atoms with van der Waals surface area (Å²) >= 11 is 0. The molecule has 0 saturated heterocycles. The summed E-state index contributed by atoms with van der Waals surface area (Å²) in [7, 11) is 2.07. The first kappa shape index (κ1) is 15.8. The number of hydrogen-bond donors (Lipinski definition) is 1. The van der Waals surface area contributed by atoms with Crippen molar-refractivity contribution in [2.24, 2.45) is 0 Å². The lowest BCUT2D eigenvalue weighted by Crippen LogP contribution is -2.35. The molecule has 0 aliphatic carbocycles. The molecule has 116 valence electrons. The van der Waals surface area contributed by atoms with Gasteiger partial charge in [-0.05, 0) is 31.5 Å². The van der Waals surface area contributed by atoms with Gasteiger partial charge in [0.2, 0.25) is 0 Å². The molecule has 0 saturated carbocycles. The van der Waals surface area contributed by atoms with E-state index < -0.39 is 5.97 Å². The maximum absolute atomic E-state index is 12.6. The van der Waals surface area contributed by atoms with Gasteiger partial charge in [-0.1, -0.05) is 13.3 Å². The molecule has 1 N–H and O–H groups in total. The lowest BCUT2D eigenvalue weighted by molar-refractivity contribution is -0.136. The minimum Gasteiger partial charge on any atom is -0.481 e. The van der Waals surface area contributed by atoms with Gasteiger partial charge in [0.1, 0.15) is 0 Å². The SMILES string of the molecule is CCCCn1c2c(cc(CCC(=O)O)c1=O)CN(C)CC2. The fraction of sp³-hybridized carbons (Fsp3) is 0.625. The van der Waals surface area contributed by atoms with E-state index in [2.05, 4.69) is 18.9 Å². The highest BCUT2D eigenvalue weighted by Crippen LogP contribution is 2.19. The zero-order valence-corrected chi connectivity index (χ0v) is 12.9. The summed E-state index contributed by atoms with van der Waals surface area (Å²) in [5, 5.41) is 8.84. The van der Waals surface area contributed by atoms with Crippen molar-refractivity contribution in [1.29, 1.82) is 0 Å². The minimum absolute atomic E-state index is 0.00741. The molecule has 0 aromatic carbocycles. The molecule has 5 heteroatoms. The molecule has 0 bridgehead atoms. The number of fused-ring (bicyclic) bond motifs is 1. The topological polar surface area (TPSA) is 62.5 Å². The molecule has 0 fully saturated rings. The third-order valence-corrected chi connectivity index (χ3v) is 4.08. The third-order valence-electron chi connectivity index (χ3n) is 4.08. The molecule has 1 aliphatic rings. The molecular weight excluding hydrogens is 268 g/mol. The van der Waals surface area contributed by atoms with Crippen LogP contribution < -0.4 is 5.56 Å². The number of nitrogens with zero attached hydrogens (tertiary/aromatic N) is 2. The standard InChI is InChI=1S/C16H24N2O3/c1-3-4-8-18-14-7-9-17(2)11-13(14)10-12(16(18)21)5-6-15(19)20/h10H,3-9,11H2,1-2H3,(H,19,20). The Balaban J connectivity index is 2.40. The highest BCUT2D eigenvalue weighted by atomic mass is 16.4. The van der Waals surface area contributed by atoms with Crippen molar-refractivity contribution >= 4 is 5.97 Å². The Labute approximate surface area is 125 Å². The number of aliphatic carboxylic acids is 1. The zero-order chi connectivity index (χ0) is 15.4. The van der Waals surface area contributed by atoms with Gasteiger partial charge in [-0.2, -0.15) is 0 Å². The molecule has 1 aliphatic heterocycles. The first-order chi connectivity index (χ1) is 10.0. The van der Waals surface area contributed by atoms with Gasteiger partial charge in [-0.25, -0.2) is 0 Å². The van der Waals surface area contributed by atoms with Crippen molar-refractivity contribution < 1.29 is 9.90 Å². The van der Waals surface area contributed by atoms with E-state index in [4.69, 9.17) is 5.11 Å². The number of rotatable bonds is 6. The molecule has 0 radical (unpaired) electrons. The number of pyridine rings is 1. The van der Waals surface area contributed by atoms with Gasteiger partial charge in [-0.15, -0.1) is 0 Å². The Morgan fingerprint density at radius 2 is 2.19 bits per heavy atom. The van der Waals surface area contributed by atoms with E-state index in [0.717, 1.165) is 44.6 Å². The van der Waals surface area contributed by atoms with E-state index in [-0.39, 0.29) is 12.0 Å². The van der Waals surface area contributed by atoms with Crippen LogP contribution in [-0.4, -0.2) is 34.1 Å². The molecule has 21 heavy (non-hydrogen) atoms. The van der Waals surface area contributed by atoms with Gasteiger partial charge in [0.15, 0.2) is 0 Å². The molecule has 1 aromatic heterocycles. The van der Waals surface area contributed by atoms with Crippen LogP contribution in [0.1, 0.15) is 43.0 Å². The number of carbonyl (C=O) groups is 1. The van der Waals surface area contributed by atoms with Crippen LogP contribution in [0, 0.1) is 0 Å². The van der Waals surface area contributed by atoms with E-state index in [9.17, 15) is 9.59 Å². The molecule has 0 amide bonds. The number of aryl methyl sites for hydroxylation is 1. The fourth-order valence-electron chi connectivity index (χ4n) is 2.90. The summed E-state index contributed by atoms with van der Waals surface area (Å²) in [5.74, 6) is -0.857. The predicted octanol–water partition coefficient (Wildman–Crippen LogP) is 1.65. The highest BCUT2D eigenvalue weighted by Gasteiger charge is 2.20. The number of carboxylic acids is 1. The van der Waals surface area contributed by atoms with Crippen molar-refractivity contribution in [3.05, 3.63) is 33.2 Å². The molecule has 1 aromatic rings. The summed E-state index contributed by atoms with van der Waals surface area (Å²) in [6.07, 6.45) is 3.24. The Hall–Kier alpha value is -1.62. The number of likely N-dealkylation sites (N-methyl/N-ethyl adjacent to an activating group) is 1. The average Bonchev–Trinajstić information content (AvgIpc) is 2.44. The normalized spacial score (nSPS) is 15.0. The van der Waals surface area contributed by atoms with E-state index in [1.165, 1.54) is 5.56 Å². The number of hydrogen-bond acceptors (Lipinski definition) is 3. The van der Waals surface area contributed by atoms with Crippen molar-refractivity contribution in [2.75, 3.05) is 13.6 Å². The van der Waals surface area contributed by atoms with Gasteiger partial charge < -0.3 is 14.6 Å². The molecule has 5 nitrogen and oxygen atoms in total. The van der Waals surface area contributed by atoms with Gasteiger partial charge >= 0.3 is 5.97 Å². The van der Waals surface area contributed by atoms with Crippen LogP contribution in [0.25, 0.3) is 0 Å². The van der Waals surface area contributed by atoms with Crippen LogP contribution >= 0.6 is 0 Å². The molecular formula is C16H24N2O3. The Morgan fingerprint density at radius 1 is 1.43 bits per heavy atom. The largest absolute Gasteiger partial charge is 0.481 e. The smallest absolute Gasteiger partial charge is 0.303 e. The van der Waals surface area contributed by atoms with Crippen LogP contribution in [-0.2, 0) is 30.7 Å². The van der Waals surface area contributed by atoms with Gasteiger partial charge in [0, 0.05) is 43.7 Å². The van der Waals surface area contributed by atoms with Gasteiger partial charge in [0.05, 0.1) is 0 Å². The number of carboxylic acid groups (broad SMARTS) is 1. The van der Waals surface area contributed by atoms with E-state index >= 15 is 0 Å². The Kier molecular flexibility index (Phi) is 5.17. The second-order valence-electron chi connectivity index (χ2n) is 5.83. The van der Waals surface area contributed by atoms with Crippen molar-refractivity contribution in [3.63, 3.8) is 0 Å². The average molecular weight is 292 g/mol. The second-order valence-corrected chi connectivity index (χ2v) is 5.83. The van der Waals surface area contributed by atoms with Crippen LogP contribution in [0.15, 0.2) is 10.9 Å². The summed E-state index contributed by atoms with van der Waals surface area (Å²) < 4.78 is 1.89. The predicted molar refractivity (Wildman–Crippen MR) is 81.6 cm³/mol. The van der Waals surface area contributed by atoms with Crippen LogP contribution in [0.5, 0.6) is 0 Å². The van der Waals surface area contributed by atoms with Crippen molar-refractivity contribution in [3.8, 4) is 0 Å². The lowest BCUT2D eigenvalue weighted by atomic mass is 10.0. The summed E-state index contributed by atoms with van der Waals surface area (Å²) in [6.45, 7) is 4.65. The van der Waals surface area contributed by atoms with Gasteiger partial charge in [0.25, 0.3) is 5.56 Å². The summed E-state index contributed by atoms with van der Waals surface area (Å²) in [5.41, 5.74) is 2.97. The molecule has 0 spiro atoms. The third kappa shape index (κ3) is 3.73. The molecule has 2 rings (SSSR count). The van der Waals surface area contributed by atoms with Crippen LogP contribution in [0.2, 0.25) is 0 Å². The first-order valence-corrected chi connectivity index (χ1v) is 7.67. The first-order valence-electron chi connectivity index (χ1n) is 7.67. The fourth-order valence-corrected chi connectivity index (χ4v) is 2.90. The van der Waals surface area contributed by atoms with Crippen molar-refractivity contribution in [1.82, 2.24) is 9.47 Å². The maximum Gasteiger partial charge on any atom is 0.303 e. The van der Waals surface area contributed by atoms with E-state index in [1.54, 1.807) is 0 Å². The van der Waals surface area contributed by atoms with E-state index in [1.807, 2.05) is 10.6 Å². The molecule has 0 unspecified atom stereocenters. The quantitative estimate of drug-likeness (QED) is 0.866.